The van der Waals surface area contributed by atoms with Crippen LogP contribution in [0.15, 0.2) is 47.4 Å². The first-order chi connectivity index (χ1) is 15.1. The van der Waals surface area contributed by atoms with Crippen molar-refractivity contribution in [3.8, 4) is 0 Å². The highest BCUT2D eigenvalue weighted by Crippen LogP contribution is 2.27. The molecule has 2 atom stereocenters. The van der Waals surface area contributed by atoms with Gasteiger partial charge < -0.3 is 5.32 Å². The van der Waals surface area contributed by atoms with Crippen LogP contribution in [0.5, 0.6) is 0 Å². The fourth-order valence-electron chi connectivity index (χ4n) is 4.37. The Morgan fingerprint density at radius 3 is 2.16 bits per heavy atom. The number of benzene rings is 2. The molecule has 9 heteroatoms. The fraction of sp³-hybridized carbons (Fsp3) is 0.348. The van der Waals surface area contributed by atoms with Crippen LogP contribution in [-0.4, -0.2) is 55.5 Å². The van der Waals surface area contributed by atoms with Crippen molar-refractivity contribution >= 4 is 33.4 Å². The first kappa shape index (κ1) is 22.2. The number of sulfonamides is 1. The Morgan fingerprint density at radius 1 is 0.938 bits per heavy atom. The molecule has 2 aliphatic heterocycles. The largest absolute Gasteiger partial charge is 0.322 e. The van der Waals surface area contributed by atoms with Crippen LogP contribution in [0.2, 0.25) is 0 Å². The summed E-state index contributed by atoms with van der Waals surface area (Å²) in [6.07, 6.45) is 1.00. The number of nitrogens with zero attached hydrogens (tertiary/aromatic N) is 2. The molecule has 0 aliphatic carbocycles. The molecule has 168 valence electrons. The normalized spacial score (nSPS) is 21.5. The Labute approximate surface area is 187 Å². The number of carbonyl (C=O) groups excluding carboxylic acids is 3. The summed E-state index contributed by atoms with van der Waals surface area (Å²) in [5.41, 5.74) is 1.19. The molecule has 0 aromatic heterocycles. The van der Waals surface area contributed by atoms with Gasteiger partial charge in [-0.1, -0.05) is 13.8 Å². The first-order valence-electron chi connectivity index (χ1n) is 10.5. The van der Waals surface area contributed by atoms with E-state index in [0.717, 1.165) is 11.3 Å². The van der Waals surface area contributed by atoms with E-state index >= 15 is 0 Å². The Morgan fingerprint density at radius 2 is 1.53 bits per heavy atom. The predicted octanol–water partition coefficient (Wildman–Crippen LogP) is 2.83. The maximum atomic E-state index is 13.0. The third kappa shape index (κ3) is 3.93. The lowest BCUT2D eigenvalue weighted by atomic mass is 9.94. The van der Waals surface area contributed by atoms with Gasteiger partial charge in [0.15, 0.2) is 0 Å². The highest BCUT2D eigenvalue weighted by molar-refractivity contribution is 7.89. The second-order valence-electron chi connectivity index (χ2n) is 8.68. The van der Waals surface area contributed by atoms with E-state index in [1.54, 1.807) is 6.07 Å². The van der Waals surface area contributed by atoms with E-state index in [1.807, 2.05) is 13.8 Å². The van der Waals surface area contributed by atoms with Crippen molar-refractivity contribution in [3.63, 3.8) is 0 Å². The third-order valence-corrected chi connectivity index (χ3v) is 7.78. The number of carbonyl (C=O) groups is 3. The number of amides is 3. The van der Waals surface area contributed by atoms with Crippen molar-refractivity contribution in [2.24, 2.45) is 11.8 Å². The zero-order valence-electron chi connectivity index (χ0n) is 18.2. The van der Waals surface area contributed by atoms with Crippen LogP contribution in [0.25, 0.3) is 0 Å². The highest BCUT2D eigenvalue weighted by Gasteiger charge is 2.33. The van der Waals surface area contributed by atoms with E-state index in [1.165, 1.54) is 47.8 Å². The molecule has 4 rings (SSSR count). The van der Waals surface area contributed by atoms with Crippen molar-refractivity contribution in [1.29, 1.82) is 0 Å². The molecule has 2 aromatic carbocycles. The Kier molecular flexibility index (Phi) is 5.64. The van der Waals surface area contributed by atoms with Gasteiger partial charge in [-0.2, -0.15) is 4.31 Å². The van der Waals surface area contributed by atoms with Crippen molar-refractivity contribution in [1.82, 2.24) is 9.21 Å². The summed E-state index contributed by atoms with van der Waals surface area (Å²) >= 11 is 0. The SMILES string of the molecule is CC1CC(C)CN(S(=O)(=O)c2ccc(C(=O)Nc3ccc4c(c3)C(=O)N(C)C4=O)cc2)C1. The van der Waals surface area contributed by atoms with E-state index in [2.05, 4.69) is 5.32 Å². The molecule has 2 heterocycles. The minimum absolute atomic E-state index is 0.153. The minimum Gasteiger partial charge on any atom is -0.322 e. The average molecular weight is 456 g/mol. The van der Waals surface area contributed by atoms with Crippen molar-refractivity contribution in [3.05, 3.63) is 59.2 Å². The molecule has 2 unspecified atom stereocenters. The molecule has 3 amide bonds. The molecular formula is C23H25N3O5S. The summed E-state index contributed by atoms with van der Waals surface area (Å²) in [5.74, 6) is -0.644. The lowest BCUT2D eigenvalue weighted by molar-refractivity contribution is 0.0692. The topological polar surface area (TPSA) is 104 Å². The van der Waals surface area contributed by atoms with Gasteiger partial charge in [-0.25, -0.2) is 8.42 Å². The number of hydrogen-bond donors (Lipinski definition) is 1. The molecule has 2 aliphatic rings. The second kappa shape index (κ2) is 8.14. The molecule has 1 fully saturated rings. The highest BCUT2D eigenvalue weighted by atomic mass is 32.2. The number of nitrogens with one attached hydrogen (secondary N) is 1. The molecule has 0 spiro atoms. The van der Waals surface area contributed by atoms with Gasteiger partial charge in [0.25, 0.3) is 17.7 Å². The van der Waals surface area contributed by atoms with Crippen LogP contribution in [0, 0.1) is 11.8 Å². The maximum absolute atomic E-state index is 13.0. The van der Waals surface area contributed by atoms with Gasteiger partial charge in [-0.15, -0.1) is 0 Å². The standard InChI is InChI=1S/C23H25N3O5S/c1-14-10-15(2)13-26(12-14)32(30,31)18-7-4-16(5-8-18)21(27)24-17-6-9-19-20(11-17)23(29)25(3)22(19)28/h4-9,11,14-15H,10,12-13H2,1-3H3,(H,24,27). The van der Waals surface area contributed by atoms with Crippen LogP contribution in [0.3, 0.4) is 0 Å². The zero-order valence-corrected chi connectivity index (χ0v) is 19.0. The first-order valence-corrected chi connectivity index (χ1v) is 11.9. The monoisotopic (exact) mass is 455 g/mol. The number of anilines is 1. The van der Waals surface area contributed by atoms with Crippen LogP contribution in [0.4, 0.5) is 5.69 Å². The van der Waals surface area contributed by atoms with Gasteiger partial charge in [0.2, 0.25) is 10.0 Å². The molecule has 8 nitrogen and oxygen atoms in total. The van der Waals surface area contributed by atoms with E-state index in [9.17, 15) is 22.8 Å². The van der Waals surface area contributed by atoms with E-state index in [-0.39, 0.29) is 21.9 Å². The molecule has 2 aromatic rings. The summed E-state index contributed by atoms with van der Waals surface area (Å²) in [5, 5.41) is 2.69. The minimum atomic E-state index is -3.63. The van der Waals surface area contributed by atoms with Crippen molar-refractivity contribution < 1.29 is 22.8 Å². The quantitative estimate of drug-likeness (QED) is 0.714. The van der Waals surface area contributed by atoms with Crippen LogP contribution < -0.4 is 5.32 Å². The summed E-state index contributed by atoms with van der Waals surface area (Å²) in [7, 11) is -2.22. The molecule has 32 heavy (non-hydrogen) atoms. The lowest BCUT2D eigenvalue weighted by Gasteiger charge is -2.34. The van der Waals surface area contributed by atoms with Crippen LogP contribution in [0.1, 0.15) is 51.3 Å². The number of rotatable bonds is 4. The predicted molar refractivity (Wildman–Crippen MR) is 119 cm³/mol. The van der Waals surface area contributed by atoms with Crippen molar-refractivity contribution in [2.75, 3.05) is 25.5 Å². The molecule has 0 bridgehead atoms. The fourth-order valence-corrected chi connectivity index (χ4v) is 6.05. The van der Waals surface area contributed by atoms with Crippen LogP contribution in [-0.2, 0) is 10.0 Å². The summed E-state index contributed by atoms with van der Waals surface area (Å²) in [4.78, 5) is 38.0. The van der Waals surface area contributed by atoms with E-state index in [0.29, 0.717) is 36.2 Å². The molecule has 0 radical (unpaired) electrons. The van der Waals surface area contributed by atoms with Gasteiger partial charge in [0, 0.05) is 31.4 Å². The maximum Gasteiger partial charge on any atom is 0.261 e. The van der Waals surface area contributed by atoms with E-state index in [4.69, 9.17) is 0 Å². The number of piperidine rings is 1. The Balaban J connectivity index is 1.50. The van der Waals surface area contributed by atoms with Crippen molar-refractivity contribution in [2.45, 2.75) is 25.2 Å². The smallest absolute Gasteiger partial charge is 0.261 e. The lowest BCUT2D eigenvalue weighted by Crippen LogP contribution is -2.42. The molecule has 1 N–H and O–H groups in total. The Hall–Kier alpha value is -3.04. The molecule has 0 saturated carbocycles. The number of fused-ring (bicyclic) bond motifs is 1. The number of hydrogen-bond acceptors (Lipinski definition) is 5. The average Bonchev–Trinajstić information content (AvgIpc) is 2.97. The summed E-state index contributed by atoms with van der Waals surface area (Å²) in [6.45, 7) is 5.07. The Bertz CT molecular complexity index is 1200. The summed E-state index contributed by atoms with van der Waals surface area (Å²) < 4.78 is 27.5. The molecular weight excluding hydrogens is 430 g/mol. The molecule has 1 saturated heterocycles. The van der Waals surface area contributed by atoms with Gasteiger partial charge >= 0.3 is 0 Å². The van der Waals surface area contributed by atoms with Gasteiger partial charge in [-0.05, 0) is 60.7 Å². The van der Waals surface area contributed by atoms with Crippen LogP contribution >= 0.6 is 0 Å². The van der Waals surface area contributed by atoms with Gasteiger partial charge in [0.05, 0.1) is 16.0 Å². The third-order valence-electron chi connectivity index (χ3n) is 5.94. The second-order valence-corrected chi connectivity index (χ2v) is 10.6. The van der Waals surface area contributed by atoms with E-state index < -0.39 is 21.8 Å². The van der Waals surface area contributed by atoms with Gasteiger partial charge in [0.1, 0.15) is 0 Å². The zero-order chi connectivity index (χ0) is 23.2. The summed E-state index contributed by atoms with van der Waals surface area (Å²) in [6, 6.07) is 10.3. The van der Waals surface area contributed by atoms with Gasteiger partial charge in [-0.3, -0.25) is 19.3 Å². The number of imide groups is 1.